The molecule has 1 aliphatic rings. The maximum absolute atomic E-state index is 12.7. The molecule has 0 spiro atoms. The van der Waals surface area contributed by atoms with E-state index in [9.17, 15) is 9.59 Å². The van der Waals surface area contributed by atoms with Gasteiger partial charge in [0.1, 0.15) is 17.5 Å². The van der Waals surface area contributed by atoms with Gasteiger partial charge in [0.2, 0.25) is 11.8 Å². The maximum atomic E-state index is 12.7. The third-order valence-corrected chi connectivity index (χ3v) is 4.51. The second kappa shape index (κ2) is 7.91. The average molecular weight is 354 g/mol. The number of hydrogen-bond acceptors (Lipinski definition) is 4. The topological polar surface area (TPSA) is 67.9 Å². The van der Waals surface area contributed by atoms with Gasteiger partial charge in [-0.1, -0.05) is 18.2 Å². The molecular formula is C20H22N2O4. The first-order chi connectivity index (χ1) is 12.6. The quantitative estimate of drug-likeness (QED) is 0.866. The molecule has 1 N–H and O–H groups in total. The van der Waals surface area contributed by atoms with Gasteiger partial charge in [0.15, 0.2) is 0 Å². The molecule has 0 aliphatic carbocycles. The second-order valence-corrected chi connectivity index (χ2v) is 6.11. The molecule has 26 heavy (non-hydrogen) atoms. The SMILES string of the molecule is COc1ccc(CN2C(=O)CC[C@@H]2C(=O)Nc2ccccc2)c(OC)c1. The molecule has 0 radical (unpaired) electrons. The van der Waals surface area contributed by atoms with Crippen molar-refractivity contribution < 1.29 is 19.1 Å². The highest BCUT2D eigenvalue weighted by molar-refractivity contribution is 5.99. The van der Waals surface area contributed by atoms with E-state index in [4.69, 9.17) is 9.47 Å². The molecule has 1 aliphatic heterocycles. The van der Waals surface area contributed by atoms with Crippen molar-refractivity contribution in [3.63, 3.8) is 0 Å². The summed E-state index contributed by atoms with van der Waals surface area (Å²) in [5, 5.41) is 2.88. The smallest absolute Gasteiger partial charge is 0.247 e. The molecule has 2 aromatic carbocycles. The molecule has 0 unspecified atom stereocenters. The third-order valence-electron chi connectivity index (χ3n) is 4.51. The van der Waals surface area contributed by atoms with Gasteiger partial charge in [0.05, 0.1) is 20.8 Å². The van der Waals surface area contributed by atoms with Crippen molar-refractivity contribution >= 4 is 17.5 Å². The molecular weight excluding hydrogens is 332 g/mol. The van der Waals surface area contributed by atoms with Crippen molar-refractivity contribution in [2.45, 2.75) is 25.4 Å². The predicted octanol–water partition coefficient (Wildman–Crippen LogP) is 2.83. The molecule has 6 heteroatoms. The van der Waals surface area contributed by atoms with Gasteiger partial charge in [-0.15, -0.1) is 0 Å². The maximum Gasteiger partial charge on any atom is 0.247 e. The molecule has 2 amide bonds. The summed E-state index contributed by atoms with van der Waals surface area (Å²) in [6.07, 6.45) is 0.876. The van der Waals surface area contributed by atoms with E-state index < -0.39 is 6.04 Å². The van der Waals surface area contributed by atoms with E-state index in [0.29, 0.717) is 30.9 Å². The van der Waals surface area contributed by atoms with Crippen LogP contribution in [0.2, 0.25) is 0 Å². The van der Waals surface area contributed by atoms with E-state index in [1.54, 1.807) is 25.2 Å². The minimum atomic E-state index is -0.491. The third kappa shape index (κ3) is 3.79. The Morgan fingerprint density at radius 3 is 2.62 bits per heavy atom. The molecule has 1 fully saturated rings. The van der Waals surface area contributed by atoms with E-state index in [-0.39, 0.29) is 11.8 Å². The molecule has 1 heterocycles. The van der Waals surface area contributed by atoms with Crippen LogP contribution in [0.5, 0.6) is 11.5 Å². The highest BCUT2D eigenvalue weighted by Gasteiger charge is 2.36. The van der Waals surface area contributed by atoms with Gasteiger partial charge in [0.25, 0.3) is 0 Å². The highest BCUT2D eigenvalue weighted by atomic mass is 16.5. The van der Waals surface area contributed by atoms with Crippen molar-refractivity contribution in [1.82, 2.24) is 4.90 Å². The average Bonchev–Trinajstić information content (AvgIpc) is 3.03. The number of carbonyl (C=O) groups excluding carboxylic acids is 2. The Hall–Kier alpha value is -3.02. The number of methoxy groups -OCH3 is 2. The zero-order valence-corrected chi connectivity index (χ0v) is 14.9. The largest absolute Gasteiger partial charge is 0.497 e. The van der Waals surface area contributed by atoms with Gasteiger partial charge in [0, 0.05) is 23.7 Å². The Balaban J connectivity index is 1.77. The van der Waals surface area contributed by atoms with Crippen LogP contribution in [0.1, 0.15) is 18.4 Å². The number of amides is 2. The minimum absolute atomic E-state index is 0.0314. The van der Waals surface area contributed by atoms with Crippen LogP contribution in [0.15, 0.2) is 48.5 Å². The zero-order chi connectivity index (χ0) is 18.5. The number of carbonyl (C=O) groups is 2. The number of para-hydroxylation sites is 1. The summed E-state index contributed by atoms with van der Waals surface area (Å²) >= 11 is 0. The lowest BCUT2D eigenvalue weighted by Crippen LogP contribution is -2.41. The number of anilines is 1. The lowest BCUT2D eigenvalue weighted by molar-refractivity contribution is -0.133. The van der Waals surface area contributed by atoms with Crippen LogP contribution in [-0.4, -0.2) is 37.0 Å². The molecule has 0 saturated carbocycles. The zero-order valence-electron chi connectivity index (χ0n) is 14.9. The van der Waals surface area contributed by atoms with Crippen LogP contribution in [0.3, 0.4) is 0 Å². The van der Waals surface area contributed by atoms with Gasteiger partial charge < -0.3 is 19.7 Å². The first-order valence-corrected chi connectivity index (χ1v) is 8.48. The van der Waals surface area contributed by atoms with E-state index >= 15 is 0 Å². The van der Waals surface area contributed by atoms with E-state index in [1.807, 2.05) is 42.5 Å². The summed E-state index contributed by atoms with van der Waals surface area (Å²) in [6, 6.07) is 14.2. The van der Waals surface area contributed by atoms with Gasteiger partial charge in [-0.25, -0.2) is 0 Å². The highest BCUT2D eigenvalue weighted by Crippen LogP contribution is 2.29. The van der Waals surface area contributed by atoms with Crippen LogP contribution in [0, 0.1) is 0 Å². The standard InChI is InChI=1S/C20H22N2O4/c1-25-16-9-8-14(18(12-16)26-2)13-22-17(10-11-19(22)23)20(24)21-15-6-4-3-5-7-15/h3-9,12,17H,10-11,13H2,1-2H3,(H,21,24)/t17-/m1/s1. The normalized spacial score (nSPS) is 16.5. The van der Waals surface area contributed by atoms with Gasteiger partial charge >= 0.3 is 0 Å². The van der Waals surface area contributed by atoms with Gasteiger partial charge in [-0.3, -0.25) is 9.59 Å². The Morgan fingerprint density at radius 2 is 1.92 bits per heavy atom. The lowest BCUT2D eigenvalue weighted by atomic mass is 10.1. The molecule has 0 bridgehead atoms. The van der Waals surface area contributed by atoms with E-state index in [2.05, 4.69) is 5.32 Å². The minimum Gasteiger partial charge on any atom is -0.497 e. The fourth-order valence-corrected chi connectivity index (χ4v) is 3.12. The van der Waals surface area contributed by atoms with Crippen LogP contribution in [-0.2, 0) is 16.1 Å². The van der Waals surface area contributed by atoms with Crippen LogP contribution < -0.4 is 14.8 Å². The monoisotopic (exact) mass is 354 g/mol. The number of nitrogens with zero attached hydrogens (tertiary/aromatic N) is 1. The molecule has 3 rings (SSSR count). The van der Waals surface area contributed by atoms with Crippen molar-refractivity contribution in [3.8, 4) is 11.5 Å². The van der Waals surface area contributed by atoms with Crippen LogP contribution in [0.25, 0.3) is 0 Å². The van der Waals surface area contributed by atoms with Crippen molar-refractivity contribution in [1.29, 1.82) is 0 Å². The summed E-state index contributed by atoms with van der Waals surface area (Å²) in [7, 11) is 3.16. The van der Waals surface area contributed by atoms with Crippen LogP contribution in [0.4, 0.5) is 5.69 Å². The first-order valence-electron chi connectivity index (χ1n) is 8.48. The molecule has 0 aromatic heterocycles. The Bertz CT molecular complexity index is 792. The Morgan fingerprint density at radius 1 is 1.15 bits per heavy atom. The number of benzene rings is 2. The number of likely N-dealkylation sites (tertiary alicyclic amines) is 1. The van der Waals surface area contributed by atoms with E-state index in [0.717, 1.165) is 11.3 Å². The predicted molar refractivity (Wildman–Crippen MR) is 98.2 cm³/mol. The van der Waals surface area contributed by atoms with Gasteiger partial charge in [-0.2, -0.15) is 0 Å². The van der Waals surface area contributed by atoms with Crippen LogP contribution >= 0.6 is 0 Å². The fraction of sp³-hybridized carbons (Fsp3) is 0.300. The van der Waals surface area contributed by atoms with Gasteiger partial charge in [-0.05, 0) is 30.7 Å². The molecule has 2 aromatic rings. The second-order valence-electron chi connectivity index (χ2n) is 6.11. The first kappa shape index (κ1) is 17.8. The van der Waals surface area contributed by atoms with E-state index in [1.165, 1.54) is 0 Å². The summed E-state index contributed by atoms with van der Waals surface area (Å²) in [4.78, 5) is 26.6. The molecule has 1 saturated heterocycles. The van der Waals surface area contributed by atoms with Crippen molar-refractivity contribution in [2.75, 3.05) is 19.5 Å². The summed E-state index contributed by atoms with van der Waals surface area (Å²) in [5.41, 5.74) is 1.56. The van der Waals surface area contributed by atoms with Crippen molar-refractivity contribution in [3.05, 3.63) is 54.1 Å². The Kier molecular flexibility index (Phi) is 5.41. The van der Waals surface area contributed by atoms with Crippen molar-refractivity contribution in [2.24, 2.45) is 0 Å². The number of rotatable bonds is 6. The summed E-state index contributed by atoms with van der Waals surface area (Å²) in [6.45, 7) is 0.318. The summed E-state index contributed by atoms with van der Waals surface area (Å²) < 4.78 is 10.6. The number of ether oxygens (including phenoxy) is 2. The summed E-state index contributed by atoms with van der Waals surface area (Å²) in [5.74, 6) is 1.11. The molecule has 136 valence electrons. The number of nitrogens with one attached hydrogen (secondary N) is 1. The lowest BCUT2D eigenvalue weighted by Gasteiger charge is -2.25. The molecule has 1 atom stereocenters. The molecule has 6 nitrogen and oxygen atoms in total. The number of hydrogen-bond donors (Lipinski definition) is 1. The Labute approximate surface area is 152 Å². The fourth-order valence-electron chi connectivity index (χ4n) is 3.12.